The molecule has 0 amide bonds. The van der Waals surface area contributed by atoms with Crippen molar-refractivity contribution in [3.05, 3.63) is 16.9 Å². The van der Waals surface area contributed by atoms with Gasteiger partial charge in [0.05, 0.1) is 12.2 Å². The molecular weight excluding hydrogens is 210 g/mol. The van der Waals surface area contributed by atoms with Gasteiger partial charge < -0.3 is 5.73 Å². The van der Waals surface area contributed by atoms with Crippen molar-refractivity contribution in [1.29, 1.82) is 0 Å². The lowest BCUT2D eigenvalue weighted by Gasteiger charge is -2.31. The van der Waals surface area contributed by atoms with Crippen LogP contribution in [0.15, 0.2) is 6.20 Å². The Morgan fingerprint density at radius 2 is 2.27 bits per heavy atom. The highest BCUT2D eigenvalue weighted by molar-refractivity contribution is 6.30. The van der Waals surface area contributed by atoms with Crippen LogP contribution in [-0.4, -0.2) is 16.3 Å². The molecule has 4 heteroatoms. The Balaban J connectivity index is 2.24. The van der Waals surface area contributed by atoms with Crippen LogP contribution in [-0.2, 0) is 0 Å². The fourth-order valence-electron chi connectivity index (χ4n) is 2.45. The van der Waals surface area contributed by atoms with Crippen molar-refractivity contribution in [3.63, 3.8) is 0 Å². The lowest BCUT2D eigenvalue weighted by Crippen LogP contribution is -2.29. The van der Waals surface area contributed by atoms with Crippen LogP contribution in [0.5, 0.6) is 0 Å². The minimum absolute atomic E-state index is 0.407. The highest BCUT2D eigenvalue weighted by atomic mass is 35.5. The molecule has 2 rings (SSSR count). The molecule has 1 aliphatic rings. The zero-order valence-electron chi connectivity index (χ0n) is 9.12. The first kappa shape index (κ1) is 11.0. The van der Waals surface area contributed by atoms with E-state index in [2.05, 4.69) is 5.10 Å². The standard InChI is InChI=1S/C11H18ClN3/c1-8-7-14-15(11(8)12)10-5-3-2-4-9(10)6-13/h7,9-10H,2-6,13H2,1H3. The van der Waals surface area contributed by atoms with Crippen LogP contribution in [0.4, 0.5) is 0 Å². The molecule has 3 nitrogen and oxygen atoms in total. The Morgan fingerprint density at radius 3 is 2.87 bits per heavy atom. The molecule has 2 N–H and O–H groups in total. The van der Waals surface area contributed by atoms with Crippen molar-refractivity contribution in [2.45, 2.75) is 38.6 Å². The Bertz CT molecular complexity index is 335. The molecule has 15 heavy (non-hydrogen) atoms. The van der Waals surface area contributed by atoms with Gasteiger partial charge in [0.25, 0.3) is 0 Å². The van der Waals surface area contributed by atoms with Gasteiger partial charge in [0.2, 0.25) is 0 Å². The summed E-state index contributed by atoms with van der Waals surface area (Å²) in [5.74, 6) is 0.538. The Hall–Kier alpha value is -0.540. The van der Waals surface area contributed by atoms with Crippen LogP contribution in [0.2, 0.25) is 5.15 Å². The molecular formula is C11H18ClN3. The summed E-state index contributed by atoms with van der Waals surface area (Å²) in [6.45, 7) is 2.73. The van der Waals surface area contributed by atoms with Gasteiger partial charge in [0.1, 0.15) is 5.15 Å². The lowest BCUT2D eigenvalue weighted by atomic mass is 9.84. The first-order valence-electron chi connectivity index (χ1n) is 5.63. The minimum atomic E-state index is 0.407. The quantitative estimate of drug-likeness (QED) is 0.844. The second-order valence-electron chi connectivity index (χ2n) is 4.41. The second kappa shape index (κ2) is 4.54. The third-order valence-corrected chi connectivity index (χ3v) is 3.86. The summed E-state index contributed by atoms with van der Waals surface area (Å²) in [7, 11) is 0. The van der Waals surface area contributed by atoms with Gasteiger partial charge in [0.15, 0.2) is 0 Å². The first-order chi connectivity index (χ1) is 7.24. The van der Waals surface area contributed by atoms with Crippen molar-refractivity contribution in [2.24, 2.45) is 11.7 Å². The van der Waals surface area contributed by atoms with Crippen molar-refractivity contribution >= 4 is 11.6 Å². The van der Waals surface area contributed by atoms with Gasteiger partial charge >= 0.3 is 0 Å². The maximum atomic E-state index is 6.22. The topological polar surface area (TPSA) is 43.8 Å². The van der Waals surface area contributed by atoms with Gasteiger partial charge in [-0.2, -0.15) is 5.10 Å². The molecule has 1 aliphatic carbocycles. The van der Waals surface area contributed by atoms with E-state index in [9.17, 15) is 0 Å². The Morgan fingerprint density at radius 1 is 1.53 bits per heavy atom. The number of nitrogens with two attached hydrogens (primary N) is 1. The molecule has 0 radical (unpaired) electrons. The highest BCUT2D eigenvalue weighted by Crippen LogP contribution is 2.35. The van der Waals surface area contributed by atoms with E-state index in [4.69, 9.17) is 17.3 Å². The molecule has 84 valence electrons. The number of halogens is 1. The molecule has 1 fully saturated rings. The summed E-state index contributed by atoms with van der Waals surface area (Å²) in [6, 6.07) is 0.407. The van der Waals surface area contributed by atoms with E-state index in [1.165, 1.54) is 19.3 Å². The fraction of sp³-hybridized carbons (Fsp3) is 0.727. The van der Waals surface area contributed by atoms with E-state index in [0.29, 0.717) is 12.0 Å². The second-order valence-corrected chi connectivity index (χ2v) is 4.77. The van der Waals surface area contributed by atoms with Crippen LogP contribution in [0.1, 0.15) is 37.3 Å². The van der Waals surface area contributed by atoms with Gasteiger partial charge in [0, 0.05) is 5.56 Å². The Kier molecular flexibility index (Phi) is 3.32. The number of hydrogen-bond acceptors (Lipinski definition) is 2. The van der Waals surface area contributed by atoms with Crippen molar-refractivity contribution in [1.82, 2.24) is 9.78 Å². The summed E-state index contributed by atoms with van der Waals surface area (Å²) in [5.41, 5.74) is 6.86. The van der Waals surface area contributed by atoms with Gasteiger partial charge in [-0.15, -0.1) is 0 Å². The van der Waals surface area contributed by atoms with Crippen LogP contribution < -0.4 is 5.73 Å². The molecule has 1 aromatic rings. The van der Waals surface area contributed by atoms with Crippen LogP contribution in [0.3, 0.4) is 0 Å². The third-order valence-electron chi connectivity index (χ3n) is 3.39. The molecule has 2 unspecified atom stereocenters. The largest absolute Gasteiger partial charge is 0.330 e. The van der Waals surface area contributed by atoms with E-state index >= 15 is 0 Å². The van der Waals surface area contributed by atoms with E-state index in [1.807, 2.05) is 17.8 Å². The smallest absolute Gasteiger partial charge is 0.130 e. The molecule has 1 heterocycles. The highest BCUT2D eigenvalue weighted by Gasteiger charge is 2.27. The average molecular weight is 228 g/mol. The van der Waals surface area contributed by atoms with E-state index in [1.54, 1.807) is 0 Å². The van der Waals surface area contributed by atoms with E-state index in [0.717, 1.165) is 23.7 Å². The van der Waals surface area contributed by atoms with Gasteiger partial charge in [-0.05, 0) is 32.2 Å². The zero-order valence-corrected chi connectivity index (χ0v) is 9.87. The summed E-state index contributed by atoms with van der Waals surface area (Å²) < 4.78 is 1.97. The lowest BCUT2D eigenvalue weighted by molar-refractivity contribution is 0.229. The predicted octanol–water partition coefficient (Wildman–Crippen LogP) is 2.53. The van der Waals surface area contributed by atoms with Crippen LogP contribution in [0.25, 0.3) is 0 Å². The number of aryl methyl sites for hydroxylation is 1. The maximum absolute atomic E-state index is 6.22. The molecule has 1 aromatic heterocycles. The van der Waals surface area contributed by atoms with Crippen molar-refractivity contribution in [3.8, 4) is 0 Å². The number of nitrogens with zero attached hydrogens (tertiary/aromatic N) is 2. The first-order valence-corrected chi connectivity index (χ1v) is 6.01. The number of rotatable bonds is 2. The number of aromatic nitrogens is 2. The maximum Gasteiger partial charge on any atom is 0.130 e. The third kappa shape index (κ3) is 2.04. The molecule has 0 aliphatic heterocycles. The van der Waals surface area contributed by atoms with Crippen LogP contribution in [0, 0.1) is 12.8 Å². The van der Waals surface area contributed by atoms with Crippen molar-refractivity contribution in [2.75, 3.05) is 6.54 Å². The summed E-state index contributed by atoms with van der Waals surface area (Å²) >= 11 is 6.22. The average Bonchev–Trinajstić information content (AvgIpc) is 2.60. The molecule has 0 saturated heterocycles. The van der Waals surface area contributed by atoms with E-state index < -0.39 is 0 Å². The van der Waals surface area contributed by atoms with E-state index in [-0.39, 0.29) is 0 Å². The fourth-order valence-corrected chi connectivity index (χ4v) is 2.67. The summed E-state index contributed by atoms with van der Waals surface area (Å²) in [5, 5.41) is 5.14. The number of hydrogen-bond donors (Lipinski definition) is 1. The molecule has 0 spiro atoms. The van der Waals surface area contributed by atoms with Gasteiger partial charge in [-0.3, -0.25) is 4.68 Å². The SMILES string of the molecule is Cc1cnn(C2CCCCC2CN)c1Cl. The minimum Gasteiger partial charge on any atom is -0.330 e. The summed E-state index contributed by atoms with van der Waals surface area (Å²) in [6.07, 6.45) is 6.75. The Labute approximate surface area is 95.6 Å². The van der Waals surface area contributed by atoms with Crippen molar-refractivity contribution < 1.29 is 0 Å². The zero-order chi connectivity index (χ0) is 10.8. The normalized spacial score (nSPS) is 26.9. The van der Waals surface area contributed by atoms with Crippen LogP contribution >= 0.6 is 11.6 Å². The molecule has 1 saturated carbocycles. The van der Waals surface area contributed by atoms with Gasteiger partial charge in [-0.1, -0.05) is 24.4 Å². The predicted molar refractivity (Wildman–Crippen MR) is 62.0 cm³/mol. The molecule has 0 bridgehead atoms. The monoisotopic (exact) mass is 227 g/mol. The molecule has 2 atom stereocenters. The van der Waals surface area contributed by atoms with Gasteiger partial charge in [-0.25, -0.2) is 0 Å². The molecule has 0 aromatic carbocycles. The summed E-state index contributed by atoms with van der Waals surface area (Å²) in [4.78, 5) is 0.